The third-order valence-electron chi connectivity index (χ3n) is 6.67. The van der Waals surface area contributed by atoms with E-state index < -0.39 is 0 Å². The zero-order valence-electron chi connectivity index (χ0n) is 18.3. The van der Waals surface area contributed by atoms with E-state index in [4.69, 9.17) is 0 Å². The van der Waals surface area contributed by atoms with Crippen molar-refractivity contribution in [1.29, 1.82) is 0 Å². The number of unbranched alkanes of at least 4 members (excludes halogenated alkanes) is 1. The molecule has 0 heterocycles. The van der Waals surface area contributed by atoms with Crippen LogP contribution in [0.5, 0.6) is 0 Å². The number of carbonyl (C=O) groups is 1. The first-order valence-corrected chi connectivity index (χ1v) is 11.2. The van der Waals surface area contributed by atoms with Gasteiger partial charge in [0, 0.05) is 26.4 Å². The second kappa shape index (κ2) is 10.2. The molecule has 2 aliphatic carbocycles. The van der Waals surface area contributed by atoms with Gasteiger partial charge in [-0.3, -0.25) is 4.79 Å². The van der Waals surface area contributed by atoms with Crippen LogP contribution in [-0.2, 0) is 11.2 Å². The van der Waals surface area contributed by atoms with Gasteiger partial charge in [0.25, 0.3) is 0 Å². The predicted molar refractivity (Wildman–Crippen MR) is 120 cm³/mol. The summed E-state index contributed by atoms with van der Waals surface area (Å²) in [5.41, 5.74) is 4.23. The molecule has 0 bridgehead atoms. The van der Waals surface area contributed by atoms with E-state index in [1.807, 2.05) is 14.1 Å². The number of fused-ring (bicyclic) bond motifs is 1. The molecule has 1 saturated carbocycles. The summed E-state index contributed by atoms with van der Waals surface area (Å²) < 4.78 is 0. The number of aliphatic hydroxyl groups is 1. The second-order valence-electron chi connectivity index (χ2n) is 9.18. The maximum absolute atomic E-state index is 11.7. The van der Waals surface area contributed by atoms with Crippen LogP contribution in [0.1, 0.15) is 56.1 Å². The highest BCUT2D eigenvalue weighted by Gasteiger charge is 2.43. The smallest absolute Gasteiger partial charge is 0.222 e. The van der Waals surface area contributed by atoms with Gasteiger partial charge < -0.3 is 10.0 Å². The predicted octanol–water partition coefficient (Wildman–Crippen LogP) is 5.08. The zero-order valence-corrected chi connectivity index (χ0v) is 18.3. The maximum atomic E-state index is 11.7. The molecule has 0 unspecified atom stereocenters. The molecule has 158 valence electrons. The summed E-state index contributed by atoms with van der Waals surface area (Å²) in [7, 11) is 3.64. The number of carbonyl (C=O) groups excluding carboxylic acids is 1. The summed E-state index contributed by atoms with van der Waals surface area (Å²) in [4.78, 5) is 13.4. The standard InChI is InChI=1S/C26H37NO2/c1-19-12-14-20(15-13-19)8-4-6-10-23-24-17-21(16-22(24)18-25(23)28)9-5-7-11-26(29)27(2)3/h6,10,12-16,22-25,28H,4-5,7-9,11,17-18H2,1-3H3/t22-,23+,24-,25+/m0/s1. The molecule has 0 aliphatic heterocycles. The molecule has 3 nitrogen and oxygen atoms in total. The van der Waals surface area contributed by atoms with Crippen LogP contribution in [0.25, 0.3) is 0 Å². The van der Waals surface area contributed by atoms with Gasteiger partial charge in [-0.1, -0.05) is 53.6 Å². The van der Waals surface area contributed by atoms with Crippen LogP contribution in [0.15, 0.2) is 48.1 Å². The lowest BCUT2D eigenvalue weighted by atomic mass is 9.88. The van der Waals surface area contributed by atoms with Gasteiger partial charge in [0.15, 0.2) is 0 Å². The van der Waals surface area contributed by atoms with Crippen molar-refractivity contribution in [1.82, 2.24) is 4.90 Å². The molecule has 2 aliphatic rings. The van der Waals surface area contributed by atoms with Gasteiger partial charge >= 0.3 is 0 Å². The summed E-state index contributed by atoms with van der Waals surface area (Å²) in [6.45, 7) is 2.12. The quantitative estimate of drug-likeness (QED) is 0.468. The van der Waals surface area contributed by atoms with Gasteiger partial charge in [-0.05, 0) is 69.3 Å². The Hall–Kier alpha value is -1.87. The fourth-order valence-electron chi connectivity index (χ4n) is 4.90. The molecule has 0 spiro atoms. The summed E-state index contributed by atoms with van der Waals surface area (Å²) >= 11 is 0. The molecule has 1 fully saturated rings. The van der Waals surface area contributed by atoms with Crippen LogP contribution in [0.3, 0.4) is 0 Å². The number of aryl methyl sites for hydroxylation is 2. The molecule has 0 radical (unpaired) electrons. The van der Waals surface area contributed by atoms with Crippen LogP contribution in [-0.4, -0.2) is 36.1 Å². The van der Waals surface area contributed by atoms with E-state index in [2.05, 4.69) is 49.4 Å². The summed E-state index contributed by atoms with van der Waals surface area (Å²) in [5.74, 6) is 1.62. The maximum Gasteiger partial charge on any atom is 0.222 e. The Morgan fingerprint density at radius 2 is 1.93 bits per heavy atom. The first-order valence-electron chi connectivity index (χ1n) is 11.2. The fourth-order valence-corrected chi connectivity index (χ4v) is 4.90. The topological polar surface area (TPSA) is 40.5 Å². The minimum absolute atomic E-state index is 0.198. The monoisotopic (exact) mass is 395 g/mol. The van der Waals surface area contributed by atoms with Crippen LogP contribution in [0, 0.1) is 24.7 Å². The molecule has 1 aromatic rings. The highest BCUT2D eigenvalue weighted by molar-refractivity contribution is 5.75. The van der Waals surface area contributed by atoms with E-state index in [-0.39, 0.29) is 12.0 Å². The van der Waals surface area contributed by atoms with E-state index in [1.54, 1.807) is 10.5 Å². The van der Waals surface area contributed by atoms with Crippen LogP contribution in [0.4, 0.5) is 0 Å². The van der Waals surface area contributed by atoms with Gasteiger partial charge in [-0.2, -0.15) is 0 Å². The number of rotatable bonds is 9. The van der Waals surface area contributed by atoms with Gasteiger partial charge in [-0.25, -0.2) is 0 Å². The van der Waals surface area contributed by atoms with Gasteiger partial charge in [0.05, 0.1) is 6.10 Å². The average Bonchev–Trinajstić information content (AvgIpc) is 3.20. The minimum Gasteiger partial charge on any atom is -0.392 e. The molecule has 1 aromatic carbocycles. The van der Waals surface area contributed by atoms with Crippen LogP contribution < -0.4 is 0 Å². The molecule has 0 aromatic heterocycles. The number of hydrogen-bond acceptors (Lipinski definition) is 2. The number of amides is 1. The number of allylic oxidation sites excluding steroid dienone is 3. The third-order valence-corrected chi connectivity index (χ3v) is 6.67. The molecule has 4 atom stereocenters. The molecular formula is C26H37NO2. The molecular weight excluding hydrogens is 358 g/mol. The van der Waals surface area contributed by atoms with Crippen LogP contribution in [0.2, 0.25) is 0 Å². The molecule has 29 heavy (non-hydrogen) atoms. The van der Waals surface area contributed by atoms with Crippen molar-refractivity contribution in [2.45, 2.75) is 64.4 Å². The molecule has 1 amide bonds. The van der Waals surface area contributed by atoms with Crippen molar-refractivity contribution in [3.05, 3.63) is 59.2 Å². The fraction of sp³-hybridized carbons (Fsp3) is 0.577. The Balaban J connectivity index is 1.42. The second-order valence-corrected chi connectivity index (χ2v) is 9.18. The third kappa shape index (κ3) is 6.05. The highest BCUT2D eigenvalue weighted by Crippen LogP contribution is 2.48. The Bertz CT molecular complexity index is 732. The minimum atomic E-state index is -0.198. The largest absolute Gasteiger partial charge is 0.392 e. The van der Waals surface area contributed by atoms with Crippen molar-refractivity contribution in [3.8, 4) is 0 Å². The van der Waals surface area contributed by atoms with E-state index in [1.165, 1.54) is 11.1 Å². The molecule has 1 N–H and O–H groups in total. The first kappa shape index (κ1) is 21.8. The van der Waals surface area contributed by atoms with E-state index in [9.17, 15) is 9.90 Å². The lowest BCUT2D eigenvalue weighted by molar-refractivity contribution is -0.128. The number of aliphatic hydroxyl groups excluding tert-OH is 1. The first-order chi connectivity index (χ1) is 13.9. The molecule has 3 heteroatoms. The van der Waals surface area contributed by atoms with Crippen molar-refractivity contribution in [2.75, 3.05) is 14.1 Å². The Labute approximate surface area is 176 Å². The van der Waals surface area contributed by atoms with Crippen molar-refractivity contribution in [3.63, 3.8) is 0 Å². The zero-order chi connectivity index (χ0) is 20.8. The van der Waals surface area contributed by atoms with Gasteiger partial charge in [0.2, 0.25) is 5.91 Å². The summed E-state index contributed by atoms with van der Waals surface area (Å²) in [6, 6.07) is 8.77. The lowest BCUT2D eigenvalue weighted by Gasteiger charge is -2.18. The van der Waals surface area contributed by atoms with Crippen LogP contribution >= 0.6 is 0 Å². The van der Waals surface area contributed by atoms with E-state index >= 15 is 0 Å². The SMILES string of the molecule is Cc1ccc(CCC=C[C@@H]2[C@H]3CC(CCCCC(=O)N(C)C)=C[C@H]3C[C@H]2O)cc1. The normalized spacial score (nSPS) is 26.0. The Morgan fingerprint density at radius 3 is 2.66 bits per heavy atom. The van der Waals surface area contributed by atoms with Gasteiger partial charge in [0.1, 0.15) is 0 Å². The number of benzene rings is 1. The summed E-state index contributed by atoms with van der Waals surface area (Å²) in [5, 5.41) is 10.5. The summed E-state index contributed by atoms with van der Waals surface area (Å²) in [6.07, 6.45) is 14.7. The van der Waals surface area contributed by atoms with Crippen molar-refractivity contribution < 1.29 is 9.90 Å². The number of hydrogen-bond donors (Lipinski definition) is 1. The van der Waals surface area contributed by atoms with E-state index in [0.717, 1.165) is 44.9 Å². The average molecular weight is 396 g/mol. The van der Waals surface area contributed by atoms with E-state index in [0.29, 0.717) is 24.2 Å². The van der Waals surface area contributed by atoms with Crippen molar-refractivity contribution >= 4 is 5.91 Å². The molecule has 3 rings (SSSR count). The van der Waals surface area contributed by atoms with Crippen molar-refractivity contribution in [2.24, 2.45) is 17.8 Å². The lowest BCUT2D eigenvalue weighted by Crippen LogP contribution is -2.21. The Morgan fingerprint density at radius 1 is 1.17 bits per heavy atom. The molecule has 0 saturated heterocycles. The highest BCUT2D eigenvalue weighted by atomic mass is 16.3. The Kier molecular flexibility index (Phi) is 7.71. The van der Waals surface area contributed by atoms with Gasteiger partial charge in [-0.15, -0.1) is 0 Å². The number of nitrogens with zero attached hydrogens (tertiary/aromatic N) is 1.